The van der Waals surface area contributed by atoms with Crippen LogP contribution in [0.1, 0.15) is 43.6 Å². The molecule has 0 bridgehead atoms. The van der Waals surface area contributed by atoms with E-state index in [0.717, 1.165) is 28.7 Å². The second-order valence-corrected chi connectivity index (χ2v) is 7.15. The molecule has 0 aliphatic heterocycles. The number of para-hydroxylation sites is 1. The van der Waals surface area contributed by atoms with Gasteiger partial charge in [0.1, 0.15) is 0 Å². The molecular formula is C24H26N2. The molecule has 0 atom stereocenters. The lowest BCUT2D eigenvalue weighted by Gasteiger charge is -2.22. The molecule has 26 heavy (non-hydrogen) atoms. The monoisotopic (exact) mass is 342 g/mol. The Balaban J connectivity index is 1.37. The molecule has 2 heteroatoms. The van der Waals surface area contributed by atoms with Crippen LogP contribution in [0.3, 0.4) is 0 Å². The molecule has 0 aromatic heterocycles. The maximum Gasteiger partial charge on any atom is 0.0385 e. The van der Waals surface area contributed by atoms with Crippen molar-refractivity contribution in [3.8, 4) is 0 Å². The van der Waals surface area contributed by atoms with Gasteiger partial charge in [-0.15, -0.1) is 0 Å². The summed E-state index contributed by atoms with van der Waals surface area (Å²) in [6.45, 7) is 0. The molecule has 1 fully saturated rings. The van der Waals surface area contributed by atoms with Crippen LogP contribution >= 0.6 is 0 Å². The van der Waals surface area contributed by atoms with E-state index in [9.17, 15) is 0 Å². The predicted octanol–water partition coefficient (Wildman–Crippen LogP) is 7.22. The van der Waals surface area contributed by atoms with Gasteiger partial charge in [0.05, 0.1) is 0 Å². The summed E-state index contributed by atoms with van der Waals surface area (Å²) in [4.78, 5) is 0. The average molecular weight is 342 g/mol. The standard InChI is InChI=1S/C24H26N2/c1-3-7-19(8-4-1)20-11-13-22(14-12-20)26-24-17-15-23(16-18-24)25-21-9-5-2-6-10-21/h2,5-6,9-19,25-26H,1,3-4,7-8H2. The molecule has 0 unspecified atom stereocenters. The number of benzene rings is 3. The quantitative estimate of drug-likeness (QED) is 0.511. The average Bonchev–Trinajstić information content (AvgIpc) is 2.72. The van der Waals surface area contributed by atoms with Gasteiger partial charge in [0.2, 0.25) is 0 Å². The fraction of sp³-hybridized carbons (Fsp3) is 0.250. The highest BCUT2D eigenvalue weighted by Gasteiger charge is 2.14. The molecule has 0 saturated heterocycles. The molecule has 1 aliphatic rings. The lowest BCUT2D eigenvalue weighted by atomic mass is 9.84. The van der Waals surface area contributed by atoms with Gasteiger partial charge in [-0.2, -0.15) is 0 Å². The van der Waals surface area contributed by atoms with Gasteiger partial charge in [-0.3, -0.25) is 0 Å². The third-order valence-electron chi connectivity index (χ3n) is 5.22. The van der Waals surface area contributed by atoms with Gasteiger partial charge in [-0.05, 0) is 72.9 Å². The highest BCUT2D eigenvalue weighted by atomic mass is 14.9. The van der Waals surface area contributed by atoms with Gasteiger partial charge in [0, 0.05) is 22.7 Å². The van der Waals surface area contributed by atoms with Gasteiger partial charge in [0.15, 0.2) is 0 Å². The van der Waals surface area contributed by atoms with Crippen LogP contribution in [0.25, 0.3) is 0 Å². The summed E-state index contributed by atoms with van der Waals surface area (Å²) in [5, 5.41) is 6.91. The van der Waals surface area contributed by atoms with Gasteiger partial charge in [-0.1, -0.05) is 49.6 Å². The maximum absolute atomic E-state index is 3.50. The minimum atomic E-state index is 0.765. The van der Waals surface area contributed by atoms with Crippen LogP contribution in [-0.4, -0.2) is 0 Å². The summed E-state index contributed by atoms with van der Waals surface area (Å²) in [5.41, 5.74) is 5.95. The van der Waals surface area contributed by atoms with Crippen LogP contribution in [0.5, 0.6) is 0 Å². The minimum absolute atomic E-state index is 0.765. The molecule has 3 aromatic rings. The molecule has 2 nitrogen and oxygen atoms in total. The number of hydrogen-bond donors (Lipinski definition) is 2. The third kappa shape index (κ3) is 4.26. The molecule has 0 radical (unpaired) electrons. The SMILES string of the molecule is c1ccc(Nc2ccc(Nc3ccc(C4CCCCC4)cc3)cc2)cc1. The topological polar surface area (TPSA) is 24.1 Å². The van der Waals surface area contributed by atoms with Gasteiger partial charge in [-0.25, -0.2) is 0 Å². The lowest BCUT2D eigenvalue weighted by molar-refractivity contribution is 0.443. The van der Waals surface area contributed by atoms with Crippen molar-refractivity contribution in [2.45, 2.75) is 38.0 Å². The fourth-order valence-corrected chi connectivity index (χ4v) is 3.77. The Morgan fingerprint density at radius 3 is 1.50 bits per heavy atom. The Hall–Kier alpha value is -2.74. The molecule has 4 rings (SSSR count). The Labute approximate surface area is 156 Å². The van der Waals surface area contributed by atoms with Crippen LogP contribution in [0.2, 0.25) is 0 Å². The first kappa shape index (κ1) is 16.7. The zero-order valence-electron chi connectivity index (χ0n) is 15.1. The Kier molecular flexibility index (Phi) is 5.20. The van der Waals surface area contributed by atoms with Crippen molar-refractivity contribution >= 4 is 22.7 Å². The van der Waals surface area contributed by atoms with Gasteiger partial charge >= 0.3 is 0 Å². The highest BCUT2D eigenvalue weighted by molar-refractivity contribution is 5.66. The summed E-state index contributed by atoms with van der Waals surface area (Å²) in [7, 11) is 0. The second-order valence-electron chi connectivity index (χ2n) is 7.15. The maximum atomic E-state index is 3.50. The van der Waals surface area contributed by atoms with E-state index >= 15 is 0 Å². The summed E-state index contributed by atoms with van der Waals surface area (Å²) in [6.07, 6.45) is 6.87. The minimum Gasteiger partial charge on any atom is -0.356 e. The van der Waals surface area contributed by atoms with E-state index in [1.165, 1.54) is 37.7 Å². The summed E-state index contributed by atoms with van der Waals surface area (Å²) in [5.74, 6) is 0.765. The molecule has 0 heterocycles. The van der Waals surface area contributed by atoms with Gasteiger partial charge < -0.3 is 10.6 Å². The Morgan fingerprint density at radius 2 is 0.962 bits per heavy atom. The fourth-order valence-electron chi connectivity index (χ4n) is 3.77. The lowest BCUT2D eigenvalue weighted by Crippen LogP contribution is -2.04. The number of hydrogen-bond acceptors (Lipinski definition) is 2. The zero-order chi connectivity index (χ0) is 17.6. The molecule has 0 spiro atoms. The molecule has 1 aliphatic carbocycles. The van der Waals surface area contributed by atoms with Crippen molar-refractivity contribution in [2.75, 3.05) is 10.6 Å². The second kappa shape index (κ2) is 8.09. The van der Waals surface area contributed by atoms with Crippen molar-refractivity contribution in [2.24, 2.45) is 0 Å². The smallest absolute Gasteiger partial charge is 0.0385 e. The van der Waals surface area contributed by atoms with Crippen LogP contribution in [0.4, 0.5) is 22.7 Å². The zero-order valence-corrected chi connectivity index (χ0v) is 15.1. The van der Waals surface area contributed by atoms with Crippen molar-refractivity contribution < 1.29 is 0 Å². The van der Waals surface area contributed by atoms with E-state index in [-0.39, 0.29) is 0 Å². The molecule has 0 amide bonds. The van der Waals surface area contributed by atoms with E-state index in [1.807, 2.05) is 18.2 Å². The number of anilines is 4. The van der Waals surface area contributed by atoms with Crippen LogP contribution in [0, 0.1) is 0 Å². The van der Waals surface area contributed by atoms with Gasteiger partial charge in [0.25, 0.3) is 0 Å². The molecule has 132 valence electrons. The van der Waals surface area contributed by atoms with E-state index in [2.05, 4.69) is 71.3 Å². The Bertz CT molecular complexity index is 801. The van der Waals surface area contributed by atoms with Crippen molar-refractivity contribution in [1.29, 1.82) is 0 Å². The number of rotatable bonds is 5. The van der Waals surface area contributed by atoms with Crippen molar-refractivity contribution in [1.82, 2.24) is 0 Å². The van der Waals surface area contributed by atoms with Crippen LogP contribution < -0.4 is 10.6 Å². The number of nitrogens with one attached hydrogen (secondary N) is 2. The van der Waals surface area contributed by atoms with Crippen LogP contribution in [0.15, 0.2) is 78.9 Å². The first-order chi connectivity index (χ1) is 12.9. The largest absolute Gasteiger partial charge is 0.356 e. The summed E-state index contributed by atoms with van der Waals surface area (Å²) in [6, 6.07) is 27.7. The van der Waals surface area contributed by atoms with E-state index in [1.54, 1.807) is 0 Å². The molecule has 1 saturated carbocycles. The first-order valence-electron chi connectivity index (χ1n) is 9.66. The molecular weight excluding hydrogens is 316 g/mol. The highest BCUT2D eigenvalue weighted by Crippen LogP contribution is 2.33. The van der Waals surface area contributed by atoms with Crippen LogP contribution in [-0.2, 0) is 0 Å². The summed E-state index contributed by atoms with van der Waals surface area (Å²) >= 11 is 0. The molecule has 3 aromatic carbocycles. The predicted molar refractivity (Wildman–Crippen MR) is 112 cm³/mol. The van der Waals surface area contributed by atoms with Crippen molar-refractivity contribution in [3.63, 3.8) is 0 Å². The Morgan fingerprint density at radius 1 is 0.500 bits per heavy atom. The normalized spacial score (nSPS) is 14.8. The first-order valence-corrected chi connectivity index (χ1v) is 9.66. The van der Waals surface area contributed by atoms with E-state index in [4.69, 9.17) is 0 Å². The summed E-state index contributed by atoms with van der Waals surface area (Å²) < 4.78 is 0. The van der Waals surface area contributed by atoms with E-state index in [0.29, 0.717) is 0 Å². The molecule has 2 N–H and O–H groups in total. The third-order valence-corrected chi connectivity index (χ3v) is 5.22. The van der Waals surface area contributed by atoms with Crippen molar-refractivity contribution in [3.05, 3.63) is 84.4 Å². The van der Waals surface area contributed by atoms with E-state index < -0.39 is 0 Å².